The van der Waals surface area contributed by atoms with Crippen molar-refractivity contribution < 1.29 is 13.2 Å². The zero-order valence-electron chi connectivity index (χ0n) is 9.51. The first-order chi connectivity index (χ1) is 7.93. The van der Waals surface area contributed by atoms with E-state index in [0.29, 0.717) is 5.69 Å². The second-order valence-corrected chi connectivity index (χ2v) is 5.74. The second-order valence-electron chi connectivity index (χ2n) is 4.18. The van der Waals surface area contributed by atoms with Gasteiger partial charge in [-0.25, -0.2) is 13.6 Å². The van der Waals surface area contributed by atoms with Crippen LogP contribution in [0.3, 0.4) is 0 Å². The van der Waals surface area contributed by atoms with Crippen molar-refractivity contribution in [2.24, 2.45) is 5.14 Å². The number of carbonyl (C=O) groups is 1. The number of hydrogen-bond acceptors (Lipinski definition) is 3. The lowest BCUT2D eigenvalue weighted by Crippen LogP contribution is -2.25. The van der Waals surface area contributed by atoms with Crippen LogP contribution in [0.1, 0.15) is 35.8 Å². The fourth-order valence-electron chi connectivity index (χ4n) is 1.89. The molecule has 17 heavy (non-hydrogen) atoms. The topological polar surface area (TPSA) is 94.2 Å². The number of nitrogens with zero attached hydrogens (tertiary/aromatic N) is 1. The minimum Gasteiger partial charge on any atom is -0.354 e. The maximum absolute atomic E-state index is 11.7. The summed E-state index contributed by atoms with van der Waals surface area (Å²) in [7, 11) is -2.25. The van der Waals surface area contributed by atoms with Crippen LogP contribution < -0.4 is 10.5 Å². The molecule has 0 unspecified atom stereocenters. The van der Waals surface area contributed by atoms with Gasteiger partial charge >= 0.3 is 0 Å². The summed E-state index contributed by atoms with van der Waals surface area (Å²) in [4.78, 5) is 11.6. The lowest BCUT2D eigenvalue weighted by molar-refractivity contribution is 0.0948. The van der Waals surface area contributed by atoms with Gasteiger partial charge in [-0.15, -0.1) is 0 Å². The first kappa shape index (κ1) is 12.1. The van der Waals surface area contributed by atoms with Crippen LogP contribution in [0, 0.1) is 0 Å². The summed E-state index contributed by atoms with van der Waals surface area (Å²) in [6.07, 6.45) is 4.47. The van der Waals surface area contributed by atoms with E-state index in [1.165, 1.54) is 19.3 Å². The van der Waals surface area contributed by atoms with Crippen molar-refractivity contribution in [1.82, 2.24) is 9.88 Å². The Morgan fingerprint density at radius 2 is 2.18 bits per heavy atom. The van der Waals surface area contributed by atoms with Gasteiger partial charge in [0.1, 0.15) is 10.6 Å². The van der Waals surface area contributed by atoms with Crippen molar-refractivity contribution in [3.05, 3.63) is 18.0 Å². The lowest BCUT2D eigenvalue weighted by atomic mass is 9.93. The molecule has 94 valence electrons. The highest BCUT2D eigenvalue weighted by Gasteiger charge is 2.26. The Kier molecular flexibility index (Phi) is 2.96. The molecule has 3 N–H and O–H groups in total. The monoisotopic (exact) mass is 257 g/mol. The van der Waals surface area contributed by atoms with E-state index >= 15 is 0 Å². The molecule has 7 heteroatoms. The Labute approximate surface area is 99.8 Å². The van der Waals surface area contributed by atoms with E-state index in [-0.39, 0.29) is 16.8 Å². The largest absolute Gasteiger partial charge is 0.354 e. The normalized spacial score (nSPS) is 16.6. The SMILES string of the molecule is CNC(=O)c1cc(S(N)(=O)=O)cn1C1CCC1. The first-order valence-corrected chi connectivity index (χ1v) is 6.95. The van der Waals surface area contributed by atoms with E-state index in [0.717, 1.165) is 19.3 Å². The first-order valence-electron chi connectivity index (χ1n) is 5.40. The van der Waals surface area contributed by atoms with Gasteiger partial charge in [0.2, 0.25) is 10.0 Å². The van der Waals surface area contributed by atoms with Crippen LogP contribution in [-0.4, -0.2) is 25.9 Å². The van der Waals surface area contributed by atoms with Gasteiger partial charge in [0.05, 0.1) is 0 Å². The van der Waals surface area contributed by atoms with E-state index in [1.54, 1.807) is 4.57 Å². The third-order valence-electron chi connectivity index (χ3n) is 3.08. The maximum Gasteiger partial charge on any atom is 0.267 e. The van der Waals surface area contributed by atoms with Gasteiger partial charge in [0.15, 0.2) is 0 Å². The molecule has 0 radical (unpaired) electrons. The third kappa shape index (κ3) is 2.20. The number of nitrogens with two attached hydrogens (primary N) is 1. The highest BCUT2D eigenvalue weighted by Crippen LogP contribution is 2.33. The number of sulfonamides is 1. The number of rotatable bonds is 3. The van der Waals surface area contributed by atoms with Crippen molar-refractivity contribution in [1.29, 1.82) is 0 Å². The van der Waals surface area contributed by atoms with E-state index in [9.17, 15) is 13.2 Å². The van der Waals surface area contributed by atoms with E-state index in [2.05, 4.69) is 5.32 Å². The van der Waals surface area contributed by atoms with Gasteiger partial charge in [-0.3, -0.25) is 4.79 Å². The summed E-state index contributed by atoms with van der Waals surface area (Å²) >= 11 is 0. The minimum atomic E-state index is -3.76. The second kappa shape index (κ2) is 4.15. The Morgan fingerprint density at radius 3 is 2.59 bits per heavy atom. The van der Waals surface area contributed by atoms with Gasteiger partial charge < -0.3 is 9.88 Å². The number of carbonyl (C=O) groups excluding carboxylic acids is 1. The Hall–Kier alpha value is -1.34. The van der Waals surface area contributed by atoms with Gasteiger partial charge in [-0.05, 0) is 25.3 Å². The number of nitrogens with one attached hydrogen (secondary N) is 1. The standard InChI is InChI=1S/C10H15N3O3S/c1-12-10(14)9-5-8(17(11,15)16)6-13(9)7-3-2-4-7/h5-7H,2-4H2,1H3,(H,12,14)(H2,11,15,16). The molecule has 1 amide bonds. The molecule has 1 aliphatic rings. The van der Waals surface area contributed by atoms with Gasteiger partial charge in [0.25, 0.3) is 5.91 Å². The molecule has 0 spiro atoms. The van der Waals surface area contributed by atoms with Gasteiger partial charge in [-0.1, -0.05) is 0 Å². The summed E-state index contributed by atoms with van der Waals surface area (Å²) in [5.41, 5.74) is 0.348. The molecule has 1 fully saturated rings. The predicted molar refractivity (Wildman–Crippen MR) is 62.1 cm³/mol. The summed E-state index contributed by atoms with van der Waals surface area (Å²) in [6, 6.07) is 1.53. The zero-order chi connectivity index (χ0) is 12.6. The molecule has 1 heterocycles. The molecule has 0 aromatic carbocycles. The molecule has 6 nitrogen and oxygen atoms in total. The molecular formula is C10H15N3O3S. The van der Waals surface area contributed by atoms with Crippen molar-refractivity contribution in [3.8, 4) is 0 Å². The average molecular weight is 257 g/mol. The Morgan fingerprint density at radius 1 is 1.53 bits per heavy atom. The van der Waals surface area contributed by atoms with E-state index in [1.807, 2.05) is 0 Å². The van der Waals surface area contributed by atoms with Crippen LogP contribution in [-0.2, 0) is 10.0 Å². The van der Waals surface area contributed by atoms with E-state index < -0.39 is 10.0 Å². The van der Waals surface area contributed by atoms with Crippen LogP contribution in [0.5, 0.6) is 0 Å². The lowest BCUT2D eigenvalue weighted by Gasteiger charge is -2.28. The molecule has 1 aromatic heterocycles. The smallest absolute Gasteiger partial charge is 0.267 e. The Balaban J connectivity index is 2.47. The van der Waals surface area contributed by atoms with Crippen LogP contribution >= 0.6 is 0 Å². The summed E-state index contributed by atoms with van der Waals surface area (Å²) in [6.45, 7) is 0. The van der Waals surface area contributed by atoms with E-state index in [4.69, 9.17) is 5.14 Å². The summed E-state index contributed by atoms with van der Waals surface area (Å²) in [5, 5.41) is 7.56. The molecular weight excluding hydrogens is 242 g/mol. The van der Waals surface area contributed by atoms with Crippen LogP contribution in [0.25, 0.3) is 0 Å². The zero-order valence-corrected chi connectivity index (χ0v) is 10.3. The van der Waals surface area contributed by atoms with Crippen molar-refractivity contribution in [2.45, 2.75) is 30.2 Å². The van der Waals surface area contributed by atoms with Crippen LogP contribution in [0.2, 0.25) is 0 Å². The number of hydrogen-bond donors (Lipinski definition) is 2. The fraction of sp³-hybridized carbons (Fsp3) is 0.500. The fourth-order valence-corrected chi connectivity index (χ4v) is 2.42. The molecule has 1 aromatic rings. The number of aromatic nitrogens is 1. The molecule has 0 saturated heterocycles. The van der Waals surface area contributed by atoms with Crippen molar-refractivity contribution in [2.75, 3.05) is 7.05 Å². The molecule has 1 saturated carbocycles. The molecule has 0 aliphatic heterocycles. The molecule has 0 atom stereocenters. The van der Waals surface area contributed by atoms with Gasteiger partial charge in [-0.2, -0.15) is 0 Å². The van der Waals surface area contributed by atoms with Crippen LogP contribution in [0.4, 0.5) is 0 Å². The van der Waals surface area contributed by atoms with Crippen molar-refractivity contribution >= 4 is 15.9 Å². The van der Waals surface area contributed by atoms with Crippen LogP contribution in [0.15, 0.2) is 17.2 Å². The highest BCUT2D eigenvalue weighted by molar-refractivity contribution is 7.89. The summed E-state index contributed by atoms with van der Waals surface area (Å²) in [5.74, 6) is -0.299. The number of amides is 1. The molecule has 0 bridgehead atoms. The summed E-state index contributed by atoms with van der Waals surface area (Å²) < 4.78 is 24.3. The van der Waals surface area contributed by atoms with Gasteiger partial charge in [0, 0.05) is 19.3 Å². The Bertz CT molecular complexity index is 543. The predicted octanol–water partition coefficient (Wildman–Crippen LogP) is 0.220. The molecule has 1 aliphatic carbocycles. The maximum atomic E-state index is 11.7. The quantitative estimate of drug-likeness (QED) is 0.811. The van der Waals surface area contributed by atoms with Crippen molar-refractivity contribution in [3.63, 3.8) is 0 Å². The number of primary sulfonamides is 1. The third-order valence-corrected chi connectivity index (χ3v) is 3.96. The minimum absolute atomic E-state index is 0.0111. The molecule has 2 rings (SSSR count). The average Bonchev–Trinajstić information content (AvgIpc) is 2.58. The highest BCUT2D eigenvalue weighted by atomic mass is 32.2.